The molecule has 31 heavy (non-hydrogen) atoms. The molecule has 0 spiro atoms. The fourth-order valence-corrected chi connectivity index (χ4v) is 3.51. The van der Waals surface area contributed by atoms with Gasteiger partial charge in [-0.1, -0.05) is 49.1 Å². The summed E-state index contributed by atoms with van der Waals surface area (Å²) >= 11 is 6.80. The molecule has 2 aromatic carbocycles. The number of hydrogen-bond donors (Lipinski definition) is 1. The predicted octanol–water partition coefficient (Wildman–Crippen LogP) is 5.44. The third-order valence-corrected chi connectivity index (χ3v) is 5.33. The molecule has 1 N–H and O–H groups in total. The number of halogens is 2. The van der Waals surface area contributed by atoms with Gasteiger partial charge in [-0.15, -0.1) is 10.2 Å². The second-order valence-corrected chi connectivity index (χ2v) is 8.86. The van der Waals surface area contributed by atoms with E-state index in [0.29, 0.717) is 17.8 Å². The van der Waals surface area contributed by atoms with Gasteiger partial charge in [0.15, 0.2) is 12.3 Å². The minimum Gasteiger partial charge on any atom is -0.493 e. The van der Waals surface area contributed by atoms with Gasteiger partial charge >= 0.3 is 5.91 Å². The molecule has 0 atom stereocenters. The van der Waals surface area contributed by atoms with Crippen LogP contribution in [-0.2, 0) is 16.3 Å². The van der Waals surface area contributed by atoms with Crippen LogP contribution in [-0.4, -0.2) is 46.9 Å². The molecule has 1 amide bonds. The molecule has 0 saturated heterocycles. The zero-order valence-corrected chi connectivity index (χ0v) is 20.4. The molecule has 1 aromatic heterocycles. The zero-order valence-electron chi connectivity index (χ0n) is 17.2. The van der Waals surface area contributed by atoms with Crippen LogP contribution in [0.3, 0.4) is 0 Å². The summed E-state index contributed by atoms with van der Waals surface area (Å²) in [4.78, 5) is 19.1. The predicted molar refractivity (Wildman–Crippen MR) is 127 cm³/mol. The molecule has 0 aliphatic carbocycles. The third-order valence-electron chi connectivity index (χ3n) is 4.31. The molecule has 3 rings (SSSR count). The van der Waals surface area contributed by atoms with Crippen LogP contribution in [0.2, 0.25) is 0 Å². The van der Waals surface area contributed by atoms with Crippen molar-refractivity contribution in [2.24, 2.45) is 15.4 Å². The van der Waals surface area contributed by atoms with E-state index < -0.39 is 5.91 Å². The number of aromatic hydroxyl groups is 1. The van der Waals surface area contributed by atoms with Crippen LogP contribution in [0, 0.1) is 0 Å². The van der Waals surface area contributed by atoms with E-state index in [2.05, 4.69) is 47.2 Å². The summed E-state index contributed by atoms with van der Waals surface area (Å²) in [5.74, 6) is -0.682. The van der Waals surface area contributed by atoms with Gasteiger partial charge in [-0.25, -0.2) is 0 Å². The van der Waals surface area contributed by atoms with Crippen molar-refractivity contribution < 1.29 is 14.7 Å². The lowest BCUT2D eigenvalue weighted by Crippen LogP contribution is -2.16. The standard InChI is InChI=1S/C21H21Br2N5O3/c1-13(14-4-6-15(22)7-5-14)26-31-11-19(29)24-25-20-17-10-16(23)8-9-18(17)28(21(20)30)12-27(2)3/h4-10,30H,11-12H2,1-3H3/b25-24?,26-13-. The molecule has 3 aromatic rings. The lowest BCUT2D eigenvalue weighted by atomic mass is 10.1. The maximum atomic E-state index is 12.1. The molecular formula is C21H21Br2N5O3. The maximum Gasteiger partial charge on any atom is 0.304 e. The fraction of sp³-hybridized carbons (Fsp3) is 0.238. The summed E-state index contributed by atoms with van der Waals surface area (Å²) in [7, 11) is 3.78. The van der Waals surface area contributed by atoms with Gasteiger partial charge < -0.3 is 9.94 Å². The fourth-order valence-electron chi connectivity index (χ4n) is 2.88. The summed E-state index contributed by atoms with van der Waals surface area (Å²) in [5, 5.41) is 23.0. The number of azo groups is 1. The Morgan fingerprint density at radius 2 is 1.81 bits per heavy atom. The Hall–Kier alpha value is -2.56. The number of aromatic nitrogens is 1. The molecule has 1 heterocycles. The first-order chi connectivity index (χ1) is 14.8. The second-order valence-electron chi connectivity index (χ2n) is 7.03. The number of oxime groups is 1. The van der Waals surface area contributed by atoms with Crippen LogP contribution in [0.1, 0.15) is 12.5 Å². The van der Waals surface area contributed by atoms with Crippen molar-refractivity contribution in [2.45, 2.75) is 13.6 Å². The van der Waals surface area contributed by atoms with Gasteiger partial charge in [0.2, 0.25) is 5.88 Å². The Morgan fingerprint density at radius 3 is 2.48 bits per heavy atom. The molecule has 0 unspecified atom stereocenters. The van der Waals surface area contributed by atoms with Gasteiger partial charge in [0.1, 0.15) is 0 Å². The van der Waals surface area contributed by atoms with Crippen molar-refractivity contribution in [3.05, 3.63) is 57.0 Å². The minimum absolute atomic E-state index is 0.0663. The molecule has 0 saturated carbocycles. The van der Waals surface area contributed by atoms with E-state index in [0.717, 1.165) is 20.0 Å². The van der Waals surface area contributed by atoms with Crippen molar-refractivity contribution in [2.75, 3.05) is 20.7 Å². The van der Waals surface area contributed by atoms with Gasteiger partial charge in [-0.3, -0.25) is 14.3 Å². The molecule has 8 nitrogen and oxygen atoms in total. The number of fused-ring (bicyclic) bond motifs is 1. The van der Waals surface area contributed by atoms with Crippen LogP contribution in [0.25, 0.3) is 10.9 Å². The number of benzene rings is 2. The Balaban J connectivity index is 1.74. The lowest BCUT2D eigenvalue weighted by Gasteiger charge is -2.13. The van der Waals surface area contributed by atoms with Crippen molar-refractivity contribution >= 4 is 60.1 Å². The monoisotopic (exact) mass is 549 g/mol. The summed E-state index contributed by atoms with van der Waals surface area (Å²) in [6.07, 6.45) is 0. The Morgan fingerprint density at radius 1 is 1.13 bits per heavy atom. The smallest absolute Gasteiger partial charge is 0.304 e. The summed E-state index contributed by atoms with van der Waals surface area (Å²) in [6.45, 7) is 1.86. The number of hydrogen-bond acceptors (Lipinski definition) is 6. The number of nitrogens with zero attached hydrogens (tertiary/aromatic N) is 5. The van der Waals surface area contributed by atoms with Gasteiger partial charge in [0.25, 0.3) is 0 Å². The highest BCUT2D eigenvalue weighted by atomic mass is 79.9. The topological polar surface area (TPSA) is 91.8 Å². The quantitative estimate of drug-likeness (QED) is 0.241. The molecule has 162 valence electrons. The molecule has 0 fully saturated rings. The van der Waals surface area contributed by atoms with Gasteiger partial charge in [-0.2, -0.15) is 0 Å². The van der Waals surface area contributed by atoms with Crippen molar-refractivity contribution in [1.29, 1.82) is 0 Å². The summed E-state index contributed by atoms with van der Waals surface area (Å²) < 4.78 is 3.48. The lowest BCUT2D eigenvalue weighted by molar-refractivity contribution is -0.122. The van der Waals surface area contributed by atoms with Gasteiger partial charge in [0.05, 0.1) is 17.9 Å². The van der Waals surface area contributed by atoms with E-state index in [1.165, 1.54) is 0 Å². The van der Waals surface area contributed by atoms with Crippen LogP contribution in [0.15, 0.2) is 66.8 Å². The highest BCUT2D eigenvalue weighted by Gasteiger charge is 2.18. The van der Waals surface area contributed by atoms with Crippen molar-refractivity contribution in [3.63, 3.8) is 0 Å². The Labute approximate surface area is 196 Å². The molecular weight excluding hydrogens is 530 g/mol. The highest BCUT2D eigenvalue weighted by Crippen LogP contribution is 2.40. The number of carbonyl (C=O) groups excluding carboxylic acids is 1. The molecule has 0 aliphatic heterocycles. The molecule has 0 radical (unpaired) electrons. The van der Waals surface area contributed by atoms with E-state index in [9.17, 15) is 9.90 Å². The van der Waals surface area contributed by atoms with E-state index >= 15 is 0 Å². The molecule has 10 heteroatoms. The van der Waals surface area contributed by atoms with Crippen LogP contribution in [0.4, 0.5) is 5.69 Å². The summed E-state index contributed by atoms with van der Waals surface area (Å²) in [6, 6.07) is 13.1. The molecule has 0 bridgehead atoms. The van der Waals surface area contributed by atoms with Crippen LogP contribution < -0.4 is 0 Å². The average molecular weight is 551 g/mol. The van der Waals surface area contributed by atoms with Gasteiger partial charge in [-0.05, 0) is 56.9 Å². The van der Waals surface area contributed by atoms with Crippen LogP contribution in [0.5, 0.6) is 5.88 Å². The summed E-state index contributed by atoms with van der Waals surface area (Å²) in [5.41, 5.74) is 2.51. The van der Waals surface area contributed by atoms with E-state index in [-0.39, 0.29) is 18.2 Å². The number of amides is 1. The first-order valence-electron chi connectivity index (χ1n) is 9.28. The highest BCUT2D eigenvalue weighted by molar-refractivity contribution is 9.10. The maximum absolute atomic E-state index is 12.1. The van der Waals surface area contributed by atoms with E-state index in [4.69, 9.17) is 4.84 Å². The second kappa shape index (κ2) is 10.2. The Bertz CT molecular complexity index is 1150. The number of rotatable bonds is 7. The first-order valence-corrected chi connectivity index (χ1v) is 10.9. The third kappa shape index (κ3) is 5.78. The first kappa shape index (κ1) is 23.1. The largest absolute Gasteiger partial charge is 0.493 e. The van der Waals surface area contributed by atoms with E-state index in [1.54, 1.807) is 11.5 Å². The number of carbonyl (C=O) groups is 1. The normalized spacial score (nSPS) is 12.3. The van der Waals surface area contributed by atoms with Crippen molar-refractivity contribution in [3.8, 4) is 5.88 Å². The van der Waals surface area contributed by atoms with Crippen molar-refractivity contribution in [1.82, 2.24) is 9.47 Å². The SMILES string of the molecule is C/C(=N/OCC(=O)N=Nc1c(O)n(CN(C)C)c2ccc(Br)cc12)c1ccc(Br)cc1. The van der Waals surface area contributed by atoms with Gasteiger partial charge in [0, 0.05) is 14.3 Å². The minimum atomic E-state index is -0.615. The molecule has 0 aliphatic rings. The Kier molecular flexibility index (Phi) is 7.58. The average Bonchev–Trinajstić information content (AvgIpc) is 2.96. The van der Waals surface area contributed by atoms with Crippen LogP contribution >= 0.6 is 31.9 Å². The van der Waals surface area contributed by atoms with E-state index in [1.807, 2.05) is 61.5 Å². The zero-order chi connectivity index (χ0) is 22.5.